The number of aromatic nitrogens is 2. The Bertz CT molecular complexity index is 643. The van der Waals surface area contributed by atoms with Crippen LogP contribution in [-0.2, 0) is 10.6 Å². The van der Waals surface area contributed by atoms with E-state index in [2.05, 4.69) is 10.1 Å². The average Bonchev–Trinajstić information content (AvgIpc) is 3.04. The van der Waals surface area contributed by atoms with Crippen molar-refractivity contribution >= 4 is 28.8 Å². The molecule has 2 aromatic rings. The summed E-state index contributed by atoms with van der Waals surface area (Å²) in [6.07, 6.45) is 0.868. The van der Waals surface area contributed by atoms with Crippen LogP contribution in [0.1, 0.15) is 5.69 Å². The molecule has 3 rings (SSSR count). The monoisotopic (exact) mass is 286 g/mol. The van der Waals surface area contributed by atoms with Crippen LogP contribution < -0.4 is 5.01 Å². The summed E-state index contributed by atoms with van der Waals surface area (Å²) in [5.41, 5.74) is 2.05. The van der Waals surface area contributed by atoms with E-state index in [-0.39, 0.29) is 6.73 Å². The molecule has 1 aliphatic heterocycles. The van der Waals surface area contributed by atoms with Gasteiger partial charge in [0.2, 0.25) is 0 Å². The molecule has 0 saturated carbocycles. The highest BCUT2D eigenvalue weighted by Crippen LogP contribution is 2.21. The molecule has 100 valence electrons. The number of pyridine rings is 1. The first-order chi connectivity index (χ1) is 9.17. The van der Waals surface area contributed by atoms with Crippen LogP contribution >= 0.6 is 11.6 Å². The molecule has 19 heavy (non-hydrogen) atoms. The lowest BCUT2D eigenvalue weighted by atomic mass is 10.4. The predicted molar refractivity (Wildman–Crippen MR) is 66.6 cm³/mol. The van der Waals surface area contributed by atoms with E-state index in [4.69, 9.17) is 16.3 Å². The molecule has 5 nitrogen and oxygen atoms in total. The van der Waals surface area contributed by atoms with E-state index in [9.17, 15) is 8.78 Å². The van der Waals surface area contributed by atoms with E-state index in [0.29, 0.717) is 17.2 Å². The van der Waals surface area contributed by atoms with E-state index in [1.54, 1.807) is 28.9 Å². The average molecular weight is 287 g/mol. The van der Waals surface area contributed by atoms with Crippen molar-refractivity contribution in [3.05, 3.63) is 30.2 Å². The van der Waals surface area contributed by atoms with Gasteiger partial charge in [-0.15, -0.1) is 16.7 Å². The number of halogens is 3. The van der Waals surface area contributed by atoms with Gasteiger partial charge in [-0.05, 0) is 6.07 Å². The summed E-state index contributed by atoms with van der Waals surface area (Å²) in [6.45, 7) is -0.0289. The van der Waals surface area contributed by atoms with E-state index in [1.165, 1.54) is 5.01 Å². The topological polar surface area (TPSA) is 42.1 Å². The van der Waals surface area contributed by atoms with Crippen molar-refractivity contribution in [2.75, 3.05) is 11.7 Å². The highest BCUT2D eigenvalue weighted by atomic mass is 35.5. The minimum Gasteiger partial charge on any atom is -0.452 e. The third kappa shape index (κ3) is 2.21. The number of hydrogen-bond acceptors (Lipinski definition) is 4. The van der Waals surface area contributed by atoms with Crippen molar-refractivity contribution in [3.63, 3.8) is 0 Å². The highest BCUT2D eigenvalue weighted by Gasteiger charge is 2.24. The maximum Gasteiger partial charge on any atom is 0.314 e. The summed E-state index contributed by atoms with van der Waals surface area (Å²) in [4.78, 5) is 4.28. The van der Waals surface area contributed by atoms with Crippen LogP contribution in [0.25, 0.3) is 5.65 Å². The SMILES string of the molecule is FC(F)C1=NN(c2ccn3cc(CCl)nc3c2)CO1. The second-order valence-corrected chi connectivity index (χ2v) is 4.20. The molecule has 1 aliphatic rings. The van der Waals surface area contributed by atoms with Crippen molar-refractivity contribution in [2.45, 2.75) is 12.3 Å². The molecule has 0 N–H and O–H groups in total. The van der Waals surface area contributed by atoms with Crippen LogP contribution in [0.3, 0.4) is 0 Å². The minimum atomic E-state index is -2.71. The first-order valence-electron chi connectivity index (χ1n) is 5.48. The van der Waals surface area contributed by atoms with Gasteiger partial charge in [-0.2, -0.15) is 8.78 Å². The maximum absolute atomic E-state index is 12.4. The van der Waals surface area contributed by atoms with Crippen molar-refractivity contribution in [1.82, 2.24) is 9.38 Å². The van der Waals surface area contributed by atoms with Gasteiger partial charge in [0, 0.05) is 18.5 Å². The Morgan fingerprint density at radius 3 is 3.00 bits per heavy atom. The quantitative estimate of drug-likeness (QED) is 0.814. The summed E-state index contributed by atoms with van der Waals surface area (Å²) in [7, 11) is 0. The van der Waals surface area contributed by atoms with Crippen LogP contribution in [0.15, 0.2) is 29.6 Å². The van der Waals surface area contributed by atoms with Crippen LogP contribution in [0, 0.1) is 0 Å². The normalized spacial score (nSPS) is 15.2. The number of rotatable bonds is 3. The number of nitrogens with zero attached hydrogens (tertiary/aromatic N) is 4. The Morgan fingerprint density at radius 2 is 2.32 bits per heavy atom. The van der Waals surface area contributed by atoms with Gasteiger partial charge in [0.1, 0.15) is 5.65 Å². The van der Waals surface area contributed by atoms with Gasteiger partial charge < -0.3 is 9.14 Å². The fourth-order valence-corrected chi connectivity index (χ4v) is 1.92. The number of hydrazone groups is 1. The Balaban J connectivity index is 1.93. The number of imidazole rings is 1. The number of ether oxygens (including phenoxy) is 1. The van der Waals surface area contributed by atoms with Crippen molar-refractivity contribution < 1.29 is 13.5 Å². The van der Waals surface area contributed by atoms with Gasteiger partial charge in [-0.25, -0.2) is 9.99 Å². The Morgan fingerprint density at radius 1 is 1.47 bits per heavy atom. The van der Waals surface area contributed by atoms with Crippen LogP contribution in [0.2, 0.25) is 0 Å². The summed E-state index contributed by atoms with van der Waals surface area (Å²) in [6, 6.07) is 3.48. The van der Waals surface area contributed by atoms with E-state index in [1.807, 2.05) is 0 Å². The van der Waals surface area contributed by atoms with Gasteiger partial charge in [0.25, 0.3) is 5.90 Å². The maximum atomic E-state index is 12.4. The molecule has 3 heterocycles. The zero-order chi connectivity index (χ0) is 13.4. The van der Waals surface area contributed by atoms with Gasteiger partial charge in [0.05, 0.1) is 17.3 Å². The predicted octanol–water partition coefficient (Wildman–Crippen LogP) is 2.45. The first kappa shape index (κ1) is 12.2. The molecule has 2 aromatic heterocycles. The molecule has 0 radical (unpaired) electrons. The largest absolute Gasteiger partial charge is 0.452 e. The zero-order valence-electron chi connectivity index (χ0n) is 9.63. The standard InChI is InChI=1S/C11H9ClF2N4O/c12-4-7-5-17-2-1-8(3-9(17)15-7)18-6-19-11(16-18)10(13)14/h1-3,5,10H,4,6H2. The smallest absolute Gasteiger partial charge is 0.314 e. The lowest BCUT2D eigenvalue weighted by molar-refractivity contribution is 0.180. The molecule has 0 amide bonds. The summed E-state index contributed by atoms with van der Waals surface area (Å²) >= 11 is 5.71. The summed E-state index contributed by atoms with van der Waals surface area (Å²) in [5.74, 6) is -0.248. The highest BCUT2D eigenvalue weighted by molar-refractivity contribution is 6.16. The lowest BCUT2D eigenvalue weighted by Crippen LogP contribution is -2.13. The fraction of sp³-hybridized carbons (Fsp3) is 0.273. The van der Waals surface area contributed by atoms with Crippen molar-refractivity contribution in [1.29, 1.82) is 0 Å². The van der Waals surface area contributed by atoms with E-state index < -0.39 is 12.3 Å². The van der Waals surface area contributed by atoms with Crippen LogP contribution in [-0.4, -0.2) is 28.4 Å². The zero-order valence-corrected chi connectivity index (χ0v) is 10.4. The molecule has 0 spiro atoms. The van der Waals surface area contributed by atoms with Gasteiger partial charge in [-0.1, -0.05) is 0 Å². The molecule has 0 unspecified atom stereocenters. The second-order valence-electron chi connectivity index (χ2n) is 3.93. The third-order valence-electron chi connectivity index (χ3n) is 2.67. The molecule has 8 heteroatoms. The molecular weight excluding hydrogens is 278 g/mol. The summed E-state index contributed by atoms with van der Waals surface area (Å²) < 4.78 is 31.4. The number of anilines is 1. The molecule has 0 atom stereocenters. The Hall–Kier alpha value is -1.89. The van der Waals surface area contributed by atoms with Gasteiger partial charge in [0.15, 0.2) is 6.73 Å². The molecule has 0 aromatic carbocycles. The number of hydrogen-bond donors (Lipinski definition) is 0. The number of fused-ring (bicyclic) bond motifs is 1. The fourth-order valence-electron chi connectivity index (χ4n) is 1.79. The second kappa shape index (κ2) is 4.65. The molecule has 0 aliphatic carbocycles. The number of alkyl halides is 3. The van der Waals surface area contributed by atoms with Crippen LogP contribution in [0.4, 0.5) is 14.5 Å². The molecule has 0 bridgehead atoms. The molecule has 0 fully saturated rings. The molecular formula is C11H9ClF2N4O. The lowest BCUT2D eigenvalue weighted by Gasteiger charge is -2.10. The minimum absolute atomic E-state index is 0.0289. The Labute approximate surface area is 112 Å². The van der Waals surface area contributed by atoms with Gasteiger partial charge >= 0.3 is 6.43 Å². The van der Waals surface area contributed by atoms with Gasteiger partial charge in [-0.3, -0.25) is 0 Å². The van der Waals surface area contributed by atoms with Crippen molar-refractivity contribution in [3.8, 4) is 0 Å². The van der Waals surface area contributed by atoms with Crippen LogP contribution in [0.5, 0.6) is 0 Å². The first-order valence-corrected chi connectivity index (χ1v) is 6.01. The van der Waals surface area contributed by atoms with E-state index >= 15 is 0 Å². The van der Waals surface area contributed by atoms with Crippen molar-refractivity contribution in [2.24, 2.45) is 5.10 Å². The third-order valence-corrected chi connectivity index (χ3v) is 2.94. The molecule has 0 saturated heterocycles. The Kier molecular flexibility index (Phi) is 2.98. The summed E-state index contributed by atoms with van der Waals surface area (Å²) in [5, 5.41) is 5.06. The van der Waals surface area contributed by atoms with E-state index in [0.717, 1.165) is 5.69 Å².